The Balaban J connectivity index is 1.81. The second kappa shape index (κ2) is 4.86. The number of hydrogen-bond donors (Lipinski definition) is 1. The van der Waals surface area contributed by atoms with Crippen LogP contribution in [-0.2, 0) is 6.42 Å². The highest BCUT2D eigenvalue weighted by Crippen LogP contribution is 2.32. The summed E-state index contributed by atoms with van der Waals surface area (Å²) in [7, 11) is 0. The van der Waals surface area contributed by atoms with Gasteiger partial charge in [0.15, 0.2) is 0 Å². The molecule has 1 aromatic heterocycles. The summed E-state index contributed by atoms with van der Waals surface area (Å²) in [6.07, 6.45) is 1.99. The fraction of sp³-hybridized carbons (Fsp3) is 0.167. The van der Waals surface area contributed by atoms with Crippen molar-refractivity contribution in [2.75, 3.05) is 6.61 Å². The van der Waals surface area contributed by atoms with E-state index < -0.39 is 6.10 Å². The van der Waals surface area contributed by atoms with Gasteiger partial charge in [-0.15, -0.1) is 0 Å². The van der Waals surface area contributed by atoms with Gasteiger partial charge in [-0.3, -0.25) is 4.98 Å². The van der Waals surface area contributed by atoms with Crippen molar-refractivity contribution in [3.05, 3.63) is 71.4 Å². The minimum Gasteiger partial charge on any atom is -0.493 e. The molecule has 104 valence electrons. The average molecular weight is 277 g/mol. The van der Waals surface area contributed by atoms with Crippen LogP contribution in [0.15, 0.2) is 54.7 Å². The van der Waals surface area contributed by atoms with Gasteiger partial charge in [0.1, 0.15) is 11.9 Å². The second-order valence-electron chi connectivity index (χ2n) is 5.29. The first-order chi connectivity index (χ1) is 10.3. The van der Waals surface area contributed by atoms with E-state index in [1.165, 1.54) is 5.56 Å². The maximum absolute atomic E-state index is 10.7. The Morgan fingerprint density at radius 1 is 1.10 bits per heavy atom. The van der Waals surface area contributed by atoms with E-state index in [1.54, 1.807) is 6.20 Å². The van der Waals surface area contributed by atoms with Gasteiger partial charge in [-0.25, -0.2) is 0 Å². The topological polar surface area (TPSA) is 42.4 Å². The molecule has 1 atom stereocenters. The van der Waals surface area contributed by atoms with Crippen molar-refractivity contribution < 1.29 is 9.84 Å². The van der Waals surface area contributed by atoms with E-state index >= 15 is 0 Å². The van der Waals surface area contributed by atoms with Gasteiger partial charge >= 0.3 is 0 Å². The van der Waals surface area contributed by atoms with Crippen molar-refractivity contribution in [2.24, 2.45) is 0 Å². The predicted molar refractivity (Wildman–Crippen MR) is 81.4 cm³/mol. The number of fused-ring (bicyclic) bond motifs is 2. The van der Waals surface area contributed by atoms with Gasteiger partial charge in [0, 0.05) is 23.6 Å². The minimum absolute atomic E-state index is 0.672. The predicted octanol–water partition coefficient (Wildman–Crippen LogP) is 3.25. The van der Waals surface area contributed by atoms with Crippen LogP contribution < -0.4 is 4.74 Å². The molecule has 1 aliphatic rings. The molecule has 0 bridgehead atoms. The molecule has 2 heterocycles. The van der Waals surface area contributed by atoms with Crippen LogP contribution in [0.2, 0.25) is 0 Å². The molecule has 0 saturated heterocycles. The summed E-state index contributed by atoms with van der Waals surface area (Å²) in [5.41, 5.74) is 3.74. The van der Waals surface area contributed by atoms with E-state index in [9.17, 15) is 5.11 Å². The lowest BCUT2D eigenvalue weighted by atomic mass is 9.97. The first kappa shape index (κ1) is 12.4. The lowest BCUT2D eigenvalue weighted by Gasteiger charge is -2.14. The fourth-order valence-corrected chi connectivity index (χ4v) is 2.90. The standard InChI is InChI=1S/C18H15NO2/c20-18(14-6-7-16-13(11-14)8-10-21-16)15-5-1-3-12-4-2-9-19-17(12)15/h1-7,9,11,18,20H,8,10H2. The molecule has 4 rings (SSSR count). The molecule has 0 fully saturated rings. The van der Waals surface area contributed by atoms with Crippen molar-refractivity contribution in [3.8, 4) is 5.75 Å². The van der Waals surface area contributed by atoms with E-state index in [1.807, 2.05) is 48.5 Å². The number of pyridine rings is 1. The van der Waals surface area contributed by atoms with E-state index in [-0.39, 0.29) is 0 Å². The Morgan fingerprint density at radius 3 is 2.95 bits per heavy atom. The van der Waals surface area contributed by atoms with Crippen LogP contribution in [0.5, 0.6) is 5.75 Å². The molecular formula is C18H15NO2. The molecule has 3 aromatic rings. The summed E-state index contributed by atoms with van der Waals surface area (Å²) < 4.78 is 5.52. The Hall–Kier alpha value is -2.39. The van der Waals surface area contributed by atoms with Crippen LogP contribution in [0.4, 0.5) is 0 Å². The summed E-state index contributed by atoms with van der Waals surface area (Å²) in [4.78, 5) is 4.42. The van der Waals surface area contributed by atoms with Crippen molar-refractivity contribution in [1.82, 2.24) is 4.98 Å². The quantitative estimate of drug-likeness (QED) is 0.782. The van der Waals surface area contributed by atoms with Gasteiger partial charge in [-0.05, 0) is 29.3 Å². The Labute approximate surface area is 122 Å². The maximum atomic E-state index is 10.7. The van der Waals surface area contributed by atoms with E-state index in [4.69, 9.17) is 4.74 Å². The molecule has 1 unspecified atom stereocenters. The van der Waals surface area contributed by atoms with Gasteiger partial charge in [0.25, 0.3) is 0 Å². The zero-order valence-electron chi connectivity index (χ0n) is 11.5. The van der Waals surface area contributed by atoms with Crippen molar-refractivity contribution >= 4 is 10.9 Å². The molecule has 0 amide bonds. The summed E-state index contributed by atoms with van der Waals surface area (Å²) in [5.74, 6) is 0.932. The van der Waals surface area contributed by atoms with Gasteiger partial charge in [-0.2, -0.15) is 0 Å². The van der Waals surface area contributed by atoms with Crippen molar-refractivity contribution in [2.45, 2.75) is 12.5 Å². The largest absolute Gasteiger partial charge is 0.493 e. The molecule has 0 aliphatic carbocycles. The van der Waals surface area contributed by atoms with Crippen LogP contribution in [-0.4, -0.2) is 16.7 Å². The average Bonchev–Trinajstić information content (AvgIpc) is 3.01. The Bertz CT molecular complexity index is 808. The van der Waals surface area contributed by atoms with Crippen LogP contribution in [0.1, 0.15) is 22.8 Å². The lowest BCUT2D eigenvalue weighted by Crippen LogP contribution is -2.02. The summed E-state index contributed by atoms with van der Waals surface area (Å²) in [6.45, 7) is 0.727. The number of benzene rings is 2. The SMILES string of the molecule is OC(c1ccc2c(c1)CCO2)c1cccc2cccnc12. The molecule has 1 aliphatic heterocycles. The number of rotatable bonds is 2. The number of nitrogens with zero attached hydrogens (tertiary/aromatic N) is 1. The van der Waals surface area contributed by atoms with E-state index in [0.29, 0.717) is 0 Å². The van der Waals surface area contributed by atoms with Crippen LogP contribution >= 0.6 is 0 Å². The Kier molecular flexibility index (Phi) is 2.86. The van der Waals surface area contributed by atoms with Crippen LogP contribution in [0.3, 0.4) is 0 Å². The third-order valence-corrected chi connectivity index (χ3v) is 3.99. The summed E-state index contributed by atoms with van der Waals surface area (Å²) in [6, 6.07) is 15.7. The third-order valence-electron chi connectivity index (χ3n) is 3.99. The number of aromatic nitrogens is 1. The minimum atomic E-state index is -0.672. The molecule has 1 N–H and O–H groups in total. The van der Waals surface area contributed by atoms with Crippen LogP contribution in [0.25, 0.3) is 10.9 Å². The van der Waals surface area contributed by atoms with Crippen LogP contribution in [0, 0.1) is 0 Å². The van der Waals surface area contributed by atoms with E-state index in [0.717, 1.165) is 40.8 Å². The van der Waals surface area contributed by atoms with Gasteiger partial charge in [-0.1, -0.05) is 30.3 Å². The normalized spacial score (nSPS) is 14.7. The van der Waals surface area contributed by atoms with Gasteiger partial charge in [0.05, 0.1) is 12.1 Å². The molecule has 3 nitrogen and oxygen atoms in total. The first-order valence-corrected chi connectivity index (χ1v) is 7.10. The molecule has 2 aromatic carbocycles. The molecule has 0 spiro atoms. The van der Waals surface area contributed by atoms with Crippen molar-refractivity contribution in [1.29, 1.82) is 0 Å². The second-order valence-corrected chi connectivity index (χ2v) is 5.29. The number of aliphatic hydroxyl groups excluding tert-OH is 1. The van der Waals surface area contributed by atoms with E-state index in [2.05, 4.69) is 4.98 Å². The third kappa shape index (κ3) is 2.06. The maximum Gasteiger partial charge on any atom is 0.122 e. The summed E-state index contributed by atoms with van der Waals surface area (Å²) >= 11 is 0. The molecule has 21 heavy (non-hydrogen) atoms. The number of hydrogen-bond acceptors (Lipinski definition) is 3. The highest BCUT2D eigenvalue weighted by Gasteiger charge is 2.18. The van der Waals surface area contributed by atoms with Gasteiger partial charge < -0.3 is 9.84 Å². The molecule has 3 heteroatoms. The van der Waals surface area contributed by atoms with Crippen molar-refractivity contribution in [3.63, 3.8) is 0 Å². The first-order valence-electron chi connectivity index (χ1n) is 7.10. The lowest BCUT2D eigenvalue weighted by molar-refractivity contribution is 0.221. The zero-order chi connectivity index (χ0) is 14.2. The monoisotopic (exact) mass is 277 g/mol. The molecular weight excluding hydrogens is 262 g/mol. The number of aliphatic hydroxyl groups is 1. The molecule has 0 saturated carbocycles. The smallest absolute Gasteiger partial charge is 0.122 e. The summed E-state index contributed by atoms with van der Waals surface area (Å²) in [5, 5.41) is 11.8. The number of para-hydroxylation sites is 1. The zero-order valence-corrected chi connectivity index (χ0v) is 11.5. The molecule has 0 radical (unpaired) electrons. The van der Waals surface area contributed by atoms with Gasteiger partial charge in [0.2, 0.25) is 0 Å². The number of ether oxygens (including phenoxy) is 1. The highest BCUT2D eigenvalue weighted by atomic mass is 16.5. The fourth-order valence-electron chi connectivity index (χ4n) is 2.90. The highest BCUT2D eigenvalue weighted by molar-refractivity contribution is 5.82. The Morgan fingerprint density at radius 2 is 2.00 bits per heavy atom.